The van der Waals surface area contributed by atoms with Gasteiger partial charge in [0.1, 0.15) is 0 Å². The molecular formula is C18H36N4O. The van der Waals surface area contributed by atoms with Crippen molar-refractivity contribution in [2.75, 3.05) is 46.8 Å². The van der Waals surface area contributed by atoms with Gasteiger partial charge in [-0.25, -0.2) is 0 Å². The Morgan fingerprint density at radius 3 is 2.57 bits per heavy atom. The third-order valence-corrected chi connectivity index (χ3v) is 5.71. The van der Waals surface area contributed by atoms with Gasteiger partial charge in [0.15, 0.2) is 0 Å². The highest BCUT2D eigenvalue weighted by molar-refractivity contribution is 5.80. The number of likely N-dealkylation sites (N-methyl/N-ethyl adjacent to an activating group) is 1. The molecule has 0 radical (unpaired) electrons. The molecule has 1 heterocycles. The van der Waals surface area contributed by atoms with Gasteiger partial charge in [-0.1, -0.05) is 12.8 Å². The second kappa shape index (κ2) is 8.45. The molecule has 3 N–H and O–H groups in total. The zero-order valence-electron chi connectivity index (χ0n) is 15.3. The van der Waals surface area contributed by atoms with E-state index in [2.05, 4.69) is 29.2 Å². The molecule has 0 spiro atoms. The summed E-state index contributed by atoms with van der Waals surface area (Å²) < 4.78 is 0. The van der Waals surface area contributed by atoms with Gasteiger partial charge >= 0.3 is 0 Å². The molecule has 0 aromatic heterocycles. The minimum absolute atomic E-state index is 0.00331. The summed E-state index contributed by atoms with van der Waals surface area (Å²) >= 11 is 0. The van der Waals surface area contributed by atoms with E-state index in [0.29, 0.717) is 5.92 Å². The molecule has 2 fully saturated rings. The third-order valence-electron chi connectivity index (χ3n) is 5.71. The number of carbonyl (C=O) groups excluding carboxylic acids is 1. The van der Waals surface area contributed by atoms with E-state index >= 15 is 0 Å². The number of nitrogens with two attached hydrogens (primary N) is 1. The Kier molecular flexibility index (Phi) is 6.86. The highest BCUT2D eigenvalue weighted by Crippen LogP contribution is 2.31. The average molecular weight is 325 g/mol. The summed E-state index contributed by atoms with van der Waals surface area (Å²) in [6, 6.07) is 0. The second-order valence-corrected chi connectivity index (χ2v) is 8.14. The molecule has 1 saturated carbocycles. The maximum absolute atomic E-state index is 12.5. The molecule has 2 unspecified atom stereocenters. The first-order valence-electron chi connectivity index (χ1n) is 9.32. The van der Waals surface area contributed by atoms with Gasteiger partial charge < -0.3 is 20.9 Å². The van der Waals surface area contributed by atoms with E-state index in [9.17, 15) is 4.79 Å². The number of rotatable bonds is 6. The molecule has 1 aliphatic heterocycles. The molecule has 2 aliphatic rings. The second-order valence-electron chi connectivity index (χ2n) is 8.14. The summed E-state index contributed by atoms with van der Waals surface area (Å²) in [6.45, 7) is 7.46. The zero-order valence-corrected chi connectivity index (χ0v) is 15.3. The van der Waals surface area contributed by atoms with Crippen LogP contribution in [0.1, 0.15) is 45.4 Å². The van der Waals surface area contributed by atoms with Crippen LogP contribution in [0.3, 0.4) is 0 Å². The van der Waals surface area contributed by atoms with E-state index in [1.165, 1.54) is 12.8 Å². The highest BCUT2D eigenvalue weighted by Gasteiger charge is 2.37. The lowest BCUT2D eigenvalue weighted by molar-refractivity contribution is -0.128. The largest absolute Gasteiger partial charge is 0.356 e. The predicted molar refractivity (Wildman–Crippen MR) is 95.3 cm³/mol. The predicted octanol–water partition coefficient (Wildman–Crippen LogP) is 1.28. The number of piperidine rings is 1. The zero-order chi connectivity index (χ0) is 16.9. The van der Waals surface area contributed by atoms with Crippen molar-refractivity contribution in [1.82, 2.24) is 15.1 Å². The Morgan fingerprint density at radius 2 is 1.96 bits per heavy atom. The van der Waals surface area contributed by atoms with Crippen LogP contribution < -0.4 is 11.1 Å². The lowest BCUT2D eigenvalue weighted by Crippen LogP contribution is -2.53. The van der Waals surface area contributed by atoms with Gasteiger partial charge in [-0.05, 0) is 65.7 Å². The quantitative estimate of drug-likeness (QED) is 0.773. The molecule has 23 heavy (non-hydrogen) atoms. The van der Waals surface area contributed by atoms with Crippen LogP contribution in [-0.2, 0) is 4.79 Å². The van der Waals surface area contributed by atoms with Crippen molar-refractivity contribution in [3.8, 4) is 0 Å². The molecule has 1 saturated heterocycles. The van der Waals surface area contributed by atoms with E-state index in [4.69, 9.17) is 5.73 Å². The van der Waals surface area contributed by atoms with Crippen molar-refractivity contribution < 1.29 is 4.79 Å². The molecular weight excluding hydrogens is 288 g/mol. The fraction of sp³-hybridized carbons (Fsp3) is 0.944. The summed E-state index contributed by atoms with van der Waals surface area (Å²) in [5.41, 5.74) is 6.01. The van der Waals surface area contributed by atoms with Crippen LogP contribution in [0.15, 0.2) is 0 Å². The van der Waals surface area contributed by atoms with E-state index in [1.807, 2.05) is 6.92 Å². The molecule has 5 heteroatoms. The third kappa shape index (κ3) is 5.73. The SMILES string of the molecule is CN(C)CCN1CCC(CNC(=O)C2CCCCC2(C)N)CC1. The van der Waals surface area contributed by atoms with Crippen molar-refractivity contribution in [2.45, 2.75) is 51.0 Å². The van der Waals surface area contributed by atoms with Gasteiger partial charge in [-0.2, -0.15) is 0 Å². The van der Waals surface area contributed by atoms with Crippen LogP contribution in [0.4, 0.5) is 0 Å². The molecule has 134 valence electrons. The van der Waals surface area contributed by atoms with Crippen molar-refractivity contribution in [3.05, 3.63) is 0 Å². The van der Waals surface area contributed by atoms with E-state index in [-0.39, 0.29) is 17.4 Å². The van der Waals surface area contributed by atoms with Gasteiger partial charge in [0.2, 0.25) is 5.91 Å². The van der Waals surface area contributed by atoms with Gasteiger partial charge in [0.25, 0.3) is 0 Å². The molecule has 1 amide bonds. The van der Waals surface area contributed by atoms with Crippen molar-refractivity contribution in [1.29, 1.82) is 0 Å². The Morgan fingerprint density at radius 1 is 1.26 bits per heavy atom. The van der Waals surface area contributed by atoms with E-state index < -0.39 is 0 Å². The van der Waals surface area contributed by atoms with Gasteiger partial charge in [0.05, 0.1) is 5.92 Å². The summed E-state index contributed by atoms with van der Waals surface area (Å²) in [5, 5.41) is 3.20. The van der Waals surface area contributed by atoms with Crippen LogP contribution in [0, 0.1) is 11.8 Å². The number of hydrogen-bond donors (Lipinski definition) is 2. The Balaban J connectivity index is 1.68. The highest BCUT2D eigenvalue weighted by atomic mass is 16.1. The summed E-state index contributed by atoms with van der Waals surface area (Å²) in [5.74, 6) is 0.809. The standard InChI is InChI=1S/C18H36N4O/c1-18(19)9-5-4-6-16(18)17(23)20-14-15-7-10-22(11-8-15)13-12-21(2)3/h15-16H,4-14,19H2,1-3H3,(H,20,23). The molecule has 2 rings (SSSR count). The van der Waals surface area contributed by atoms with Gasteiger partial charge in [0, 0.05) is 25.2 Å². The lowest BCUT2D eigenvalue weighted by atomic mass is 9.74. The van der Waals surface area contributed by atoms with Crippen molar-refractivity contribution >= 4 is 5.91 Å². The normalized spacial score (nSPS) is 30.6. The topological polar surface area (TPSA) is 61.6 Å². The van der Waals surface area contributed by atoms with Crippen molar-refractivity contribution in [2.24, 2.45) is 17.6 Å². The molecule has 2 atom stereocenters. The van der Waals surface area contributed by atoms with Crippen LogP contribution in [0.2, 0.25) is 0 Å². The number of likely N-dealkylation sites (tertiary alicyclic amines) is 1. The number of carbonyl (C=O) groups is 1. The van der Waals surface area contributed by atoms with Gasteiger partial charge in [-0.3, -0.25) is 4.79 Å². The Labute approximate surface area is 142 Å². The molecule has 0 bridgehead atoms. The monoisotopic (exact) mass is 324 g/mol. The minimum atomic E-state index is -0.322. The van der Waals surface area contributed by atoms with Crippen LogP contribution in [-0.4, -0.2) is 68.1 Å². The summed E-state index contributed by atoms with van der Waals surface area (Å²) in [6.07, 6.45) is 6.59. The van der Waals surface area contributed by atoms with Crippen LogP contribution in [0.25, 0.3) is 0 Å². The molecule has 1 aliphatic carbocycles. The number of hydrogen-bond acceptors (Lipinski definition) is 4. The molecule has 0 aromatic rings. The first kappa shape index (κ1) is 18.7. The summed E-state index contributed by atoms with van der Waals surface area (Å²) in [7, 11) is 4.25. The van der Waals surface area contributed by atoms with Crippen LogP contribution >= 0.6 is 0 Å². The lowest BCUT2D eigenvalue weighted by Gasteiger charge is -2.38. The van der Waals surface area contributed by atoms with Gasteiger partial charge in [-0.15, -0.1) is 0 Å². The maximum atomic E-state index is 12.5. The van der Waals surface area contributed by atoms with E-state index in [1.54, 1.807) is 0 Å². The average Bonchev–Trinajstić information content (AvgIpc) is 2.51. The first-order valence-corrected chi connectivity index (χ1v) is 9.32. The number of amides is 1. The Bertz CT molecular complexity index is 375. The fourth-order valence-electron chi connectivity index (χ4n) is 3.91. The maximum Gasteiger partial charge on any atom is 0.224 e. The first-order chi connectivity index (χ1) is 10.9. The minimum Gasteiger partial charge on any atom is -0.356 e. The molecule has 5 nitrogen and oxygen atoms in total. The van der Waals surface area contributed by atoms with E-state index in [0.717, 1.165) is 58.4 Å². The fourth-order valence-corrected chi connectivity index (χ4v) is 3.91. The number of nitrogens with one attached hydrogen (secondary N) is 1. The van der Waals surface area contributed by atoms with Crippen molar-refractivity contribution in [3.63, 3.8) is 0 Å². The number of nitrogens with zero attached hydrogens (tertiary/aromatic N) is 2. The molecule has 0 aromatic carbocycles. The summed E-state index contributed by atoms with van der Waals surface area (Å²) in [4.78, 5) is 17.3. The Hall–Kier alpha value is -0.650. The van der Waals surface area contributed by atoms with Crippen LogP contribution in [0.5, 0.6) is 0 Å². The smallest absolute Gasteiger partial charge is 0.224 e.